The topological polar surface area (TPSA) is 9.23 Å². The van der Waals surface area contributed by atoms with Crippen LogP contribution in [-0.4, -0.2) is 13.2 Å². The number of ether oxygens (including phenoxy) is 1. The Morgan fingerprint density at radius 1 is 1.44 bits per heavy atom. The summed E-state index contributed by atoms with van der Waals surface area (Å²) in [6.45, 7) is 12.2. The van der Waals surface area contributed by atoms with Gasteiger partial charge in [-0.3, -0.25) is 0 Å². The van der Waals surface area contributed by atoms with Gasteiger partial charge in [-0.05, 0) is 40.9 Å². The van der Waals surface area contributed by atoms with Gasteiger partial charge in [0.1, 0.15) is 0 Å². The number of fused-ring (bicyclic) bond motifs is 2. The highest BCUT2D eigenvalue weighted by atomic mass is 16.5. The van der Waals surface area contributed by atoms with Gasteiger partial charge in [0.25, 0.3) is 0 Å². The first-order valence-corrected chi connectivity index (χ1v) is 6.55. The Hall–Kier alpha value is -0.0400. The quantitative estimate of drug-likeness (QED) is 0.652. The maximum absolute atomic E-state index is 7.94. The minimum absolute atomic E-state index is 0.0901. The second-order valence-corrected chi connectivity index (χ2v) is 7.39. The molecule has 1 nitrogen and oxygen atoms in total. The Kier molecular flexibility index (Phi) is 2.02. The number of hydrogen-bond acceptors (Lipinski definition) is 1. The highest BCUT2D eigenvalue weighted by molar-refractivity contribution is 5.17. The summed E-state index contributed by atoms with van der Waals surface area (Å²) in [5, 5.41) is 0. The molecule has 0 aromatic rings. The van der Waals surface area contributed by atoms with Crippen molar-refractivity contribution < 1.29 is 9.08 Å². The maximum atomic E-state index is 7.94. The van der Waals surface area contributed by atoms with Gasteiger partial charge in [-0.1, -0.05) is 41.5 Å². The van der Waals surface area contributed by atoms with Gasteiger partial charge < -0.3 is 4.74 Å². The van der Waals surface area contributed by atoms with Crippen LogP contribution < -0.4 is 0 Å². The molecule has 0 aliphatic heterocycles. The first kappa shape index (κ1) is 9.94. The molecule has 4 atom stereocenters. The van der Waals surface area contributed by atoms with Crippen molar-refractivity contribution in [2.45, 2.75) is 60.5 Å². The molecule has 0 heterocycles. The van der Waals surface area contributed by atoms with E-state index in [-0.39, 0.29) is 16.2 Å². The molecule has 2 rings (SSSR count). The van der Waals surface area contributed by atoms with E-state index in [1.54, 1.807) is 0 Å². The molecule has 0 amide bonds. The van der Waals surface area contributed by atoms with Crippen LogP contribution in [0.1, 0.15) is 58.7 Å². The van der Waals surface area contributed by atoms with Gasteiger partial charge in [-0.2, -0.15) is 0 Å². The average Bonchev–Trinajstić information content (AvgIpc) is 2.82. The Bertz CT molecular complexity index is 317. The third kappa shape index (κ3) is 1.21. The first-order chi connectivity index (χ1) is 8.73. The van der Waals surface area contributed by atoms with Crippen LogP contribution >= 0.6 is 0 Å². The molecule has 96 valence electrons. The smallest absolute Gasteiger partial charge is 0.0658 e. The molecule has 16 heavy (non-hydrogen) atoms. The highest BCUT2D eigenvalue weighted by Crippen LogP contribution is 2.72. The molecular weight excluding hydrogens is 196 g/mol. The number of rotatable bonds is 1. The van der Waals surface area contributed by atoms with Crippen molar-refractivity contribution in [2.75, 3.05) is 7.11 Å². The fourth-order valence-electron chi connectivity index (χ4n) is 5.02. The summed E-state index contributed by atoms with van der Waals surface area (Å²) in [5.74, 6) is 1.44. The second-order valence-electron chi connectivity index (χ2n) is 7.39. The van der Waals surface area contributed by atoms with Crippen molar-refractivity contribution in [1.29, 1.82) is 0 Å². The van der Waals surface area contributed by atoms with E-state index in [0.29, 0.717) is 18.9 Å². The summed E-state index contributed by atoms with van der Waals surface area (Å²) in [5.41, 5.74) is 0.572. The van der Waals surface area contributed by atoms with Gasteiger partial charge in [0.15, 0.2) is 0 Å². The van der Waals surface area contributed by atoms with Crippen LogP contribution in [0.4, 0.5) is 0 Å². The summed E-state index contributed by atoms with van der Waals surface area (Å²) in [7, 11) is 1.86. The Balaban J connectivity index is 0.000000861. The zero-order valence-corrected chi connectivity index (χ0v) is 11.8. The third-order valence-electron chi connectivity index (χ3n) is 5.87. The summed E-state index contributed by atoms with van der Waals surface area (Å²) in [6, 6.07) is 0. The monoisotopic (exact) mass is 232 g/mol. The fraction of sp³-hybridized carbons (Fsp3) is 1.00. The Labute approximate surface area is 105 Å². The molecule has 2 saturated carbocycles. The highest BCUT2D eigenvalue weighted by Gasteiger charge is 2.68. The summed E-state index contributed by atoms with van der Waals surface area (Å²) in [4.78, 5) is 0. The van der Waals surface area contributed by atoms with E-state index in [1.165, 1.54) is 12.8 Å². The molecule has 0 N–H and O–H groups in total. The van der Waals surface area contributed by atoms with Gasteiger partial charge in [-0.25, -0.2) is 0 Å². The van der Waals surface area contributed by atoms with Crippen LogP contribution in [0.2, 0.25) is 0 Å². The van der Waals surface area contributed by atoms with Crippen molar-refractivity contribution in [2.24, 2.45) is 28.1 Å². The Morgan fingerprint density at radius 3 is 2.50 bits per heavy atom. The Morgan fingerprint density at radius 2 is 2.06 bits per heavy atom. The lowest BCUT2D eigenvalue weighted by Gasteiger charge is -2.54. The fourth-order valence-corrected chi connectivity index (χ4v) is 5.02. The van der Waals surface area contributed by atoms with Crippen LogP contribution in [0.5, 0.6) is 0 Å². The maximum Gasteiger partial charge on any atom is 0.0658 e. The van der Waals surface area contributed by atoms with Gasteiger partial charge in [0.2, 0.25) is 0 Å². The summed E-state index contributed by atoms with van der Waals surface area (Å²) in [6.07, 6.45) is 2.90. The molecule has 2 fully saturated rings. The molecule has 0 aromatic carbocycles. The molecule has 2 unspecified atom stereocenters. The van der Waals surface area contributed by atoms with Gasteiger partial charge in [0.05, 0.1) is 6.10 Å². The molecule has 0 radical (unpaired) electrons. The standard InChI is InChI=1S/C15H28O.H2/c1-10-8-15(13(2,3)4)9-11(10)12(16-7)14(15,5)6;/h10-12H,8-9H2,1-7H3;1H/t10-,11?,12+,15?;/m1./s1/i2T;1+2T. The lowest BCUT2D eigenvalue weighted by atomic mass is 9.52. The number of methoxy groups -OCH3 is 1. The molecule has 2 bridgehead atoms. The minimum atomic E-state index is 0.0901. The lowest BCUT2D eigenvalue weighted by molar-refractivity contribution is -0.116. The predicted molar refractivity (Wildman–Crippen MR) is 70.5 cm³/mol. The normalized spacial score (nSPS) is 47.6. The van der Waals surface area contributed by atoms with E-state index in [2.05, 4.69) is 34.6 Å². The lowest BCUT2D eigenvalue weighted by Crippen LogP contribution is -2.51. The summed E-state index contributed by atoms with van der Waals surface area (Å²) < 4.78 is 23.8. The average molecular weight is 232 g/mol. The summed E-state index contributed by atoms with van der Waals surface area (Å²) >= 11 is 0. The van der Waals surface area contributed by atoms with Crippen LogP contribution in [0.3, 0.4) is 0 Å². The first-order valence-electron chi connectivity index (χ1n) is 8.26. The van der Waals surface area contributed by atoms with Gasteiger partial charge in [-0.15, -0.1) is 0 Å². The largest absolute Gasteiger partial charge is 0.381 e. The molecular formula is C15H30O. The van der Waals surface area contributed by atoms with E-state index >= 15 is 0 Å². The number of hydrogen-bond donors (Lipinski definition) is 0. The van der Waals surface area contributed by atoms with Crippen molar-refractivity contribution in [3.8, 4) is 0 Å². The molecule has 2 aliphatic carbocycles. The van der Waals surface area contributed by atoms with Crippen LogP contribution in [0.15, 0.2) is 0 Å². The molecule has 1 heteroatoms. The molecule has 0 aromatic heterocycles. The third-order valence-corrected chi connectivity index (χ3v) is 5.87. The van der Waals surface area contributed by atoms with Crippen molar-refractivity contribution in [1.82, 2.24) is 0 Å². The van der Waals surface area contributed by atoms with E-state index in [4.69, 9.17) is 9.08 Å². The van der Waals surface area contributed by atoms with Crippen LogP contribution in [0, 0.1) is 28.1 Å². The van der Waals surface area contributed by atoms with E-state index in [9.17, 15) is 0 Å². The zero-order valence-electron chi connectivity index (χ0n) is 14.8. The molecule has 0 spiro atoms. The predicted octanol–water partition coefficient (Wildman–Crippen LogP) is 4.37. The van der Waals surface area contributed by atoms with Crippen LogP contribution in [-0.2, 0) is 4.74 Å². The SMILES string of the molecule is [3H]CC(C)(C)C12CC([C@H](C)C1)[C@H](OC)C2(C)C.[3H][3H]. The van der Waals surface area contributed by atoms with Crippen LogP contribution in [0.25, 0.3) is 0 Å². The molecule has 0 saturated heterocycles. The van der Waals surface area contributed by atoms with E-state index in [0.717, 1.165) is 5.92 Å². The van der Waals surface area contributed by atoms with E-state index in [1.807, 2.05) is 7.11 Å². The van der Waals surface area contributed by atoms with Crippen molar-refractivity contribution in [3.63, 3.8) is 0 Å². The van der Waals surface area contributed by atoms with Gasteiger partial charge in [0, 0.05) is 11.5 Å². The van der Waals surface area contributed by atoms with Gasteiger partial charge >= 0.3 is 0 Å². The zero-order chi connectivity index (χ0) is 15.1. The van der Waals surface area contributed by atoms with Crippen molar-refractivity contribution >= 4 is 0 Å². The van der Waals surface area contributed by atoms with E-state index < -0.39 is 0 Å². The van der Waals surface area contributed by atoms with Crippen molar-refractivity contribution in [3.05, 3.63) is 0 Å². The molecule has 2 aliphatic rings. The minimum Gasteiger partial charge on any atom is -0.381 e. The second kappa shape index (κ2) is 3.25.